The van der Waals surface area contributed by atoms with E-state index in [2.05, 4.69) is 31.3 Å². The van der Waals surface area contributed by atoms with Crippen molar-refractivity contribution in [2.75, 3.05) is 13.2 Å². The van der Waals surface area contributed by atoms with E-state index < -0.39 is 12.1 Å². The molecule has 0 saturated carbocycles. The molecule has 0 aliphatic carbocycles. The van der Waals surface area contributed by atoms with Gasteiger partial charge in [-0.2, -0.15) is 0 Å². The maximum atomic E-state index is 12.5. The van der Waals surface area contributed by atoms with Crippen molar-refractivity contribution in [1.29, 1.82) is 0 Å². The third-order valence-corrected chi connectivity index (χ3v) is 15.7. The average molecular weight is 1040 g/mol. The zero-order chi connectivity index (χ0) is 53.6. The lowest BCUT2D eigenvalue weighted by Crippen LogP contribution is -2.45. The number of hydrogen-bond donors (Lipinski definition) is 3. The number of unbranched alkanes of at least 4 members (excludes halogenated alkanes) is 50. The third-order valence-electron chi connectivity index (χ3n) is 15.7. The monoisotopic (exact) mass is 1040 g/mol. The molecule has 0 aromatic carbocycles. The van der Waals surface area contributed by atoms with Crippen molar-refractivity contribution in [3.63, 3.8) is 0 Å². The van der Waals surface area contributed by atoms with Crippen LogP contribution in [-0.2, 0) is 14.3 Å². The molecular weight excluding hydrogens is 911 g/mol. The normalized spacial score (nSPS) is 12.6. The first-order valence-electron chi connectivity index (χ1n) is 33.6. The topological polar surface area (TPSA) is 95.9 Å². The van der Waals surface area contributed by atoms with Crippen molar-refractivity contribution in [1.82, 2.24) is 5.32 Å². The fraction of sp³-hybridized carbons (Fsp3) is 0.912. The summed E-state index contributed by atoms with van der Waals surface area (Å²) >= 11 is 0. The van der Waals surface area contributed by atoms with Crippen LogP contribution in [0.2, 0.25) is 0 Å². The highest BCUT2D eigenvalue weighted by molar-refractivity contribution is 5.76. The highest BCUT2D eigenvalue weighted by Gasteiger charge is 2.18. The standard InChI is InChI=1S/C68H131NO5/c1-3-5-7-9-11-13-15-17-19-21-22-23-25-29-32-36-40-44-48-52-56-60-66(71)65(64-70)69-67(72)61-57-53-49-45-41-37-33-30-26-24-27-31-35-39-43-47-51-55-59-63-74-68(73)62-58-54-50-46-42-38-34-28-20-18-16-14-12-10-8-6-4-2/h18,20,56,60,65-66,70-71H,3-17,19,21-55,57-59,61-64H2,1-2H3,(H,69,72)/b20-18-,60-56+. The highest BCUT2D eigenvalue weighted by atomic mass is 16.5. The number of amides is 1. The fourth-order valence-electron chi connectivity index (χ4n) is 10.6. The van der Waals surface area contributed by atoms with Crippen LogP contribution in [0.4, 0.5) is 0 Å². The van der Waals surface area contributed by atoms with E-state index in [1.54, 1.807) is 6.08 Å². The van der Waals surface area contributed by atoms with Crippen molar-refractivity contribution in [3.05, 3.63) is 24.3 Å². The van der Waals surface area contributed by atoms with E-state index in [9.17, 15) is 19.8 Å². The zero-order valence-corrected chi connectivity index (χ0v) is 50.1. The Labute approximate surface area is 462 Å². The third kappa shape index (κ3) is 59.6. The second-order valence-electron chi connectivity index (χ2n) is 23.2. The minimum Gasteiger partial charge on any atom is -0.466 e. The van der Waals surface area contributed by atoms with E-state index in [0.717, 1.165) is 44.9 Å². The molecule has 0 radical (unpaired) electrons. The van der Waals surface area contributed by atoms with Crippen molar-refractivity contribution >= 4 is 11.9 Å². The molecule has 74 heavy (non-hydrogen) atoms. The van der Waals surface area contributed by atoms with Crippen LogP contribution >= 0.6 is 0 Å². The number of esters is 1. The predicted molar refractivity (Wildman–Crippen MR) is 324 cm³/mol. The number of rotatable bonds is 63. The van der Waals surface area contributed by atoms with Gasteiger partial charge in [-0.1, -0.05) is 327 Å². The van der Waals surface area contributed by atoms with Crippen LogP contribution in [0.25, 0.3) is 0 Å². The Hall–Kier alpha value is -1.66. The van der Waals surface area contributed by atoms with E-state index in [1.807, 2.05) is 6.08 Å². The molecule has 6 heteroatoms. The van der Waals surface area contributed by atoms with Gasteiger partial charge in [0.15, 0.2) is 0 Å². The molecule has 1 amide bonds. The molecule has 0 bridgehead atoms. The number of aliphatic hydroxyl groups is 2. The number of hydrogen-bond acceptors (Lipinski definition) is 5. The van der Waals surface area contributed by atoms with Gasteiger partial charge in [0, 0.05) is 12.8 Å². The number of nitrogens with one attached hydrogen (secondary N) is 1. The summed E-state index contributed by atoms with van der Waals surface area (Å²) in [6.45, 7) is 4.93. The van der Waals surface area contributed by atoms with Gasteiger partial charge < -0.3 is 20.3 Å². The van der Waals surface area contributed by atoms with E-state index in [1.165, 1.54) is 302 Å². The average Bonchev–Trinajstić information content (AvgIpc) is 3.40. The Morgan fingerprint density at radius 2 is 0.635 bits per heavy atom. The Bertz CT molecular complexity index is 1150. The number of aliphatic hydroxyl groups excluding tert-OH is 2. The largest absolute Gasteiger partial charge is 0.466 e. The molecule has 0 saturated heterocycles. The molecule has 0 fully saturated rings. The summed E-state index contributed by atoms with van der Waals surface area (Å²) in [5.74, 6) is -0.0614. The van der Waals surface area contributed by atoms with Gasteiger partial charge in [-0.25, -0.2) is 0 Å². The summed E-state index contributed by atoms with van der Waals surface area (Å²) in [5.41, 5.74) is 0. The first kappa shape index (κ1) is 72.3. The second kappa shape index (κ2) is 63.9. The number of allylic oxidation sites excluding steroid dienone is 3. The van der Waals surface area contributed by atoms with Gasteiger partial charge in [0.05, 0.1) is 25.4 Å². The van der Waals surface area contributed by atoms with Crippen molar-refractivity contribution in [2.24, 2.45) is 0 Å². The molecule has 0 rings (SSSR count). The lowest BCUT2D eigenvalue weighted by atomic mass is 10.0. The Balaban J connectivity index is 3.42. The van der Waals surface area contributed by atoms with E-state index in [4.69, 9.17) is 4.74 Å². The summed E-state index contributed by atoms with van der Waals surface area (Å²) in [7, 11) is 0. The van der Waals surface area contributed by atoms with E-state index in [0.29, 0.717) is 19.4 Å². The van der Waals surface area contributed by atoms with Gasteiger partial charge in [-0.05, 0) is 57.8 Å². The molecule has 438 valence electrons. The highest BCUT2D eigenvalue weighted by Crippen LogP contribution is 2.18. The summed E-state index contributed by atoms with van der Waals surface area (Å²) in [4.78, 5) is 24.6. The summed E-state index contributed by atoms with van der Waals surface area (Å²) in [6, 6.07) is -0.631. The molecule has 0 aromatic heterocycles. The van der Waals surface area contributed by atoms with Crippen LogP contribution in [0, 0.1) is 0 Å². The smallest absolute Gasteiger partial charge is 0.305 e. The predicted octanol–water partition coefficient (Wildman–Crippen LogP) is 21.4. The van der Waals surface area contributed by atoms with E-state index >= 15 is 0 Å². The van der Waals surface area contributed by atoms with Crippen LogP contribution in [0.5, 0.6) is 0 Å². The molecule has 0 aromatic rings. The first-order chi connectivity index (χ1) is 36.5. The Morgan fingerprint density at radius 1 is 0.365 bits per heavy atom. The lowest BCUT2D eigenvalue weighted by Gasteiger charge is -2.20. The molecule has 0 heterocycles. The molecule has 0 aliphatic heterocycles. The minimum atomic E-state index is -0.847. The van der Waals surface area contributed by atoms with Gasteiger partial charge in [0.2, 0.25) is 5.91 Å². The molecule has 2 atom stereocenters. The molecule has 6 nitrogen and oxygen atoms in total. The first-order valence-corrected chi connectivity index (χ1v) is 33.6. The van der Waals surface area contributed by atoms with Gasteiger partial charge in [0.1, 0.15) is 0 Å². The van der Waals surface area contributed by atoms with Crippen LogP contribution in [0.3, 0.4) is 0 Å². The van der Waals surface area contributed by atoms with Gasteiger partial charge in [-0.3, -0.25) is 9.59 Å². The maximum absolute atomic E-state index is 12.5. The summed E-state index contributed by atoms with van der Waals surface area (Å²) in [5, 5.41) is 23.2. The zero-order valence-electron chi connectivity index (χ0n) is 50.1. The van der Waals surface area contributed by atoms with Crippen LogP contribution < -0.4 is 5.32 Å². The molecule has 2 unspecified atom stereocenters. The van der Waals surface area contributed by atoms with Crippen LogP contribution in [0.1, 0.15) is 373 Å². The fourth-order valence-corrected chi connectivity index (χ4v) is 10.6. The minimum absolute atomic E-state index is 0.00582. The van der Waals surface area contributed by atoms with E-state index in [-0.39, 0.29) is 18.5 Å². The summed E-state index contributed by atoms with van der Waals surface area (Å²) < 4.78 is 5.50. The molecular formula is C68H131NO5. The van der Waals surface area contributed by atoms with Gasteiger partial charge in [-0.15, -0.1) is 0 Å². The van der Waals surface area contributed by atoms with Crippen LogP contribution in [0.15, 0.2) is 24.3 Å². The summed E-state index contributed by atoms with van der Waals surface area (Å²) in [6.07, 6.45) is 79.4. The maximum Gasteiger partial charge on any atom is 0.305 e. The Morgan fingerprint density at radius 3 is 0.959 bits per heavy atom. The van der Waals surface area contributed by atoms with Crippen molar-refractivity contribution in [3.8, 4) is 0 Å². The van der Waals surface area contributed by atoms with Crippen LogP contribution in [-0.4, -0.2) is 47.4 Å². The van der Waals surface area contributed by atoms with Crippen molar-refractivity contribution < 1.29 is 24.5 Å². The van der Waals surface area contributed by atoms with Gasteiger partial charge >= 0.3 is 5.97 Å². The lowest BCUT2D eigenvalue weighted by molar-refractivity contribution is -0.143. The molecule has 0 spiro atoms. The quantitative estimate of drug-likeness (QED) is 0.0320. The molecule has 0 aliphatic rings. The molecule has 3 N–H and O–H groups in total. The number of carbonyl (C=O) groups excluding carboxylic acids is 2. The van der Waals surface area contributed by atoms with Crippen molar-refractivity contribution in [2.45, 2.75) is 386 Å². The Kier molecular flexibility index (Phi) is 62.4. The van der Waals surface area contributed by atoms with Gasteiger partial charge in [0.25, 0.3) is 0 Å². The number of ether oxygens (including phenoxy) is 1. The number of carbonyl (C=O) groups is 2. The second-order valence-corrected chi connectivity index (χ2v) is 23.2. The SMILES string of the molecule is CCCCCCCC/C=C\CCCCCCCCCC(=O)OCCCCCCCCCCCCCCCCCCCCCC(=O)NC(CO)C(O)/C=C/CCCCCCCCCCCCCCCCCCCCC.